The van der Waals surface area contributed by atoms with Gasteiger partial charge in [-0.05, 0) is 285 Å². The molecule has 0 bridgehead atoms. The lowest BCUT2D eigenvalue weighted by Gasteiger charge is -2.28. The van der Waals surface area contributed by atoms with Crippen molar-refractivity contribution in [1.29, 1.82) is 0 Å². The van der Waals surface area contributed by atoms with E-state index in [4.69, 9.17) is 109 Å². The zero-order valence-corrected chi connectivity index (χ0v) is 77.5. The van der Waals surface area contributed by atoms with E-state index < -0.39 is 0 Å². The van der Waals surface area contributed by atoms with Crippen molar-refractivity contribution in [3.8, 4) is 45.0 Å². The Bertz CT molecular complexity index is 6040. The molecule has 1 saturated heterocycles. The van der Waals surface area contributed by atoms with Gasteiger partial charge in [-0.3, -0.25) is 19.9 Å². The Hall–Kier alpha value is -10.7. The summed E-state index contributed by atoms with van der Waals surface area (Å²) < 4.78 is 0. The van der Waals surface area contributed by atoms with Crippen LogP contribution in [0.4, 0.5) is 69.3 Å². The van der Waals surface area contributed by atoms with Gasteiger partial charge in [-0.25, -0.2) is 39.9 Å². The van der Waals surface area contributed by atoms with Crippen molar-refractivity contribution in [2.45, 2.75) is 137 Å². The molecule has 2 fully saturated rings. The van der Waals surface area contributed by atoms with E-state index >= 15 is 0 Å². The van der Waals surface area contributed by atoms with E-state index in [2.05, 4.69) is 177 Å². The maximum Gasteiger partial charge on any atom is 0.227 e. The van der Waals surface area contributed by atoms with Gasteiger partial charge in [0.15, 0.2) is 0 Å². The summed E-state index contributed by atoms with van der Waals surface area (Å²) in [6.45, 7) is 14.6. The maximum atomic E-state index is 6.21. The number of piperidine rings is 1. The van der Waals surface area contributed by atoms with Crippen LogP contribution in [0, 0.1) is 33.6 Å². The van der Waals surface area contributed by atoms with E-state index in [0.29, 0.717) is 70.5 Å². The van der Waals surface area contributed by atoms with Gasteiger partial charge < -0.3 is 57.2 Å². The number of rotatable bonds is 21. The number of anilines is 12. The molecule has 18 rings (SSSR count). The van der Waals surface area contributed by atoms with Crippen LogP contribution in [0.15, 0.2) is 147 Å². The zero-order chi connectivity index (χ0) is 87.5. The van der Waals surface area contributed by atoms with E-state index in [-0.39, 0.29) is 0 Å². The third-order valence-corrected chi connectivity index (χ3v) is 24.5. The number of fused-ring (bicyclic) bond motifs is 12. The molecule has 0 amide bonds. The van der Waals surface area contributed by atoms with Crippen LogP contribution in [0.25, 0.3) is 45.0 Å². The van der Waals surface area contributed by atoms with E-state index in [0.717, 1.165) is 224 Å². The zero-order valence-electron chi connectivity index (χ0n) is 71.9. The largest absolute Gasteiger partial charge is 0.349 e. The molecule has 642 valence electrons. The average molecular weight is 1800 g/mol. The van der Waals surface area contributed by atoms with Crippen LogP contribution < -0.4 is 42.5 Å². The molecule has 5 aliphatic heterocycles. The summed E-state index contributed by atoms with van der Waals surface area (Å²) in [6, 6.07) is 34.3. The first-order chi connectivity index (χ1) is 60.3. The molecule has 13 heterocycles. The summed E-state index contributed by atoms with van der Waals surface area (Å²) >= 11 is 40.6. The molecule has 0 spiro atoms. The average Bonchev–Trinajstić information content (AvgIpc) is 1.80. The molecule has 30 heteroatoms. The summed E-state index contributed by atoms with van der Waals surface area (Å²) in [4.78, 5) is 65.9. The van der Waals surface area contributed by atoms with Gasteiger partial charge in [-0.15, -0.1) is 0 Å². The monoisotopic (exact) mass is 1800 g/mol. The summed E-state index contributed by atoms with van der Waals surface area (Å²) in [5.41, 5.74) is 28.7. The molecule has 1 saturated carbocycles. The number of aromatic nitrogens is 12. The second-order valence-electron chi connectivity index (χ2n) is 33.1. The van der Waals surface area contributed by atoms with Gasteiger partial charge in [0, 0.05) is 157 Å². The van der Waals surface area contributed by atoms with Crippen LogP contribution in [0.3, 0.4) is 0 Å². The first kappa shape index (κ1) is 89.1. The number of hydrogen-bond acceptors (Lipinski definition) is 23. The Morgan fingerprint density at radius 2 is 0.864 bits per heavy atom. The first-order valence-corrected chi connectivity index (χ1v) is 45.2. The number of nitrogens with zero attached hydrogens (tertiary/aromatic N) is 15. The lowest BCUT2D eigenvalue weighted by atomic mass is 9.92. The highest BCUT2D eigenvalue weighted by atomic mass is 35.5. The van der Waals surface area contributed by atoms with Crippen LogP contribution >= 0.6 is 83.7 Å². The van der Waals surface area contributed by atoms with Crippen LogP contribution in [0.1, 0.15) is 131 Å². The predicted octanol–water partition coefficient (Wildman–Crippen LogP) is 21.2. The molecular formula is C95H102Cl3N23S4. The minimum atomic E-state index is 0.525. The number of hydrogen-bond donors (Lipinski definition) is 8. The molecule has 12 aromatic rings. The van der Waals surface area contributed by atoms with Crippen LogP contribution in [-0.4, -0.2) is 156 Å². The minimum absolute atomic E-state index is 0.525. The fourth-order valence-corrected chi connectivity index (χ4v) is 17.4. The van der Waals surface area contributed by atoms with Gasteiger partial charge in [-0.1, -0.05) is 103 Å². The second-order valence-corrected chi connectivity index (χ2v) is 36.4. The van der Waals surface area contributed by atoms with Crippen LogP contribution in [0.5, 0.6) is 0 Å². The third kappa shape index (κ3) is 23.1. The SMILES string of the molecule is CCc1ncc(CCCN(C)C)cc1Nc1ncc2c(n1)-c1ccc(Cl)cc1NC(=S)C2.Cc1ccnc(C)c1Nc1ncc2c(n1)-c1ccc(Cl)cc1NC(=S)C2.Cc1nc(CCC2CCN(C)CC2)ccc1Nc1ncc2c(n1)-c1ccc(Cl)cc1NC(=S)C2.Cc1ncc(CCCN(C)C)cc1Nc1ncc2c(n1)-c1ccc(C3CC3)cc1NC(=S)C2. The Balaban J connectivity index is 0.000000129. The van der Waals surface area contributed by atoms with Crippen molar-refractivity contribution in [3.63, 3.8) is 0 Å². The molecule has 6 aliphatic rings. The van der Waals surface area contributed by atoms with Gasteiger partial charge in [-0.2, -0.15) is 0 Å². The van der Waals surface area contributed by atoms with Crippen molar-refractivity contribution >= 4 is 173 Å². The van der Waals surface area contributed by atoms with Crippen molar-refractivity contribution in [2.75, 3.05) is 104 Å². The van der Waals surface area contributed by atoms with E-state index in [9.17, 15) is 0 Å². The highest BCUT2D eigenvalue weighted by Gasteiger charge is 2.29. The van der Waals surface area contributed by atoms with E-state index in [1.165, 1.54) is 61.9 Å². The summed E-state index contributed by atoms with van der Waals surface area (Å²) in [5.74, 6) is 3.68. The highest BCUT2D eigenvalue weighted by Crippen LogP contribution is 2.45. The smallest absolute Gasteiger partial charge is 0.227 e. The molecule has 0 radical (unpaired) electrons. The molecule has 8 aromatic heterocycles. The molecule has 8 N–H and O–H groups in total. The minimum Gasteiger partial charge on any atom is -0.349 e. The Morgan fingerprint density at radius 1 is 0.432 bits per heavy atom. The standard InChI is InChI=1S/C26H29ClN6S.C26H30N6S.C24H27ClN6S.C19H16ClN5S/c1-16-22(8-6-20(29-16)5-3-17-9-11-33(2)12-10-17)31-26-28-15-18-13-24(34)30-23-14-19(27)4-7-21(23)25(18)32-26;1-16-22(11-17(14-27-16)5-4-10-32(2)3)30-26-28-15-20-13-24(33)29-23-12-19(18-6-7-18)8-9-21(23)25(20)31-26;1-4-19-21(10-15(13-26-19)6-5-9-31(2)3)29-24-27-14-16-11-22(32)28-20-12-17(25)7-8-18(20)23(16)30-24;1-10-5-6-21-11(2)17(10)24-19-22-9-12-7-16(26)23-15-8-13(20)3-4-14(15)18(12)25-19/h4,6-8,14-15,17H,3,5,9-13H2,1-2H3,(H,30,34)(H,28,31,32);8-9,11-12,14-15,18H,4-7,10,13H2,1-3H3,(H,29,33)(H,28,30,31);7-8,10,12-14H,4-6,9,11H2,1-3H3,(H,28,32)(H,27,29,30);3-6,8-9H,7H2,1-2H3,(H,23,26)(H,22,24,25). The lowest BCUT2D eigenvalue weighted by Crippen LogP contribution is -2.30. The highest BCUT2D eigenvalue weighted by molar-refractivity contribution is 7.81. The van der Waals surface area contributed by atoms with Crippen LogP contribution in [0.2, 0.25) is 15.1 Å². The second kappa shape index (κ2) is 40.7. The Labute approximate surface area is 767 Å². The van der Waals surface area contributed by atoms with Gasteiger partial charge in [0.25, 0.3) is 0 Å². The summed E-state index contributed by atoms with van der Waals surface area (Å²) in [7, 11) is 10.6. The quantitative estimate of drug-likeness (QED) is 0.0311. The number of thiocarbonyl (C=S) groups is 4. The van der Waals surface area contributed by atoms with Crippen molar-refractivity contribution < 1.29 is 0 Å². The molecule has 1 aliphatic carbocycles. The Morgan fingerprint density at radius 3 is 1.31 bits per heavy atom. The maximum absolute atomic E-state index is 6.21. The lowest BCUT2D eigenvalue weighted by molar-refractivity contribution is 0.212. The number of aryl methyl sites for hydroxylation is 8. The van der Waals surface area contributed by atoms with Gasteiger partial charge >= 0.3 is 0 Å². The number of likely N-dealkylation sites (tertiary alicyclic amines) is 1. The van der Waals surface area contributed by atoms with Crippen LogP contribution in [-0.2, 0) is 51.4 Å². The van der Waals surface area contributed by atoms with E-state index in [1.807, 2.05) is 126 Å². The summed E-state index contributed by atoms with van der Waals surface area (Å²) in [5, 5.41) is 28.7. The number of benzene rings is 4. The third-order valence-electron chi connectivity index (χ3n) is 22.8. The number of nitrogens with one attached hydrogen (secondary N) is 8. The topological polar surface area (TPSA) is 261 Å². The molecule has 23 nitrogen and oxygen atoms in total. The molecule has 0 atom stereocenters. The van der Waals surface area contributed by atoms with Gasteiger partial charge in [0.05, 0.1) is 88.3 Å². The van der Waals surface area contributed by atoms with Crippen molar-refractivity contribution in [3.05, 3.63) is 235 Å². The number of halogens is 3. The molecule has 4 aromatic carbocycles. The number of pyridine rings is 4. The molecule has 125 heavy (non-hydrogen) atoms. The van der Waals surface area contributed by atoms with Crippen molar-refractivity contribution in [2.24, 2.45) is 5.92 Å². The van der Waals surface area contributed by atoms with Gasteiger partial charge in [0.2, 0.25) is 23.8 Å². The Kier molecular flexibility index (Phi) is 29.1. The normalized spacial score (nSPS) is 14.3. The summed E-state index contributed by atoms with van der Waals surface area (Å²) in [6.07, 6.45) is 27.9. The predicted molar refractivity (Wildman–Crippen MR) is 527 cm³/mol. The first-order valence-electron chi connectivity index (χ1n) is 42.4. The fourth-order valence-electron chi connectivity index (χ4n) is 15.9. The van der Waals surface area contributed by atoms with Crippen molar-refractivity contribution in [1.82, 2.24) is 74.5 Å². The molecular weight excluding hydrogens is 1700 g/mol. The van der Waals surface area contributed by atoms with Gasteiger partial charge in [0.1, 0.15) is 0 Å². The fraction of sp³-hybridized carbons (Fsp3) is 0.326. The molecule has 0 unspecified atom stereocenters. The van der Waals surface area contributed by atoms with E-state index in [1.54, 1.807) is 6.20 Å².